The summed E-state index contributed by atoms with van der Waals surface area (Å²) in [6.07, 6.45) is 2.03. The van der Waals surface area contributed by atoms with E-state index in [9.17, 15) is 4.79 Å². The summed E-state index contributed by atoms with van der Waals surface area (Å²) in [5.74, 6) is 0.897. The van der Waals surface area contributed by atoms with E-state index >= 15 is 0 Å². The first kappa shape index (κ1) is 23.9. The van der Waals surface area contributed by atoms with Gasteiger partial charge in [-0.05, 0) is 74.9 Å². The van der Waals surface area contributed by atoms with Gasteiger partial charge in [0.1, 0.15) is 0 Å². The van der Waals surface area contributed by atoms with Crippen molar-refractivity contribution in [2.75, 3.05) is 11.2 Å². The molecule has 0 radical (unpaired) electrons. The largest absolute Gasteiger partial charge is 0.334 e. The van der Waals surface area contributed by atoms with E-state index < -0.39 is 6.04 Å². The Morgan fingerprint density at radius 3 is 2.31 bits per heavy atom. The molecular formula is C29H28N4O2S. The standard InChI is InChI=1S/C29H28N4O2S/c1-17-6-9-21(10-7-17)27-31-28(35-32-27)25-20(4)33(23-12-14-24(36-5)15-13-23)29(34)30-26(25)22-11-8-18(2)19(3)16-22/h6-16,26H,1-5H3,(H,30,34). The molecule has 36 heavy (non-hydrogen) atoms. The van der Waals surface area contributed by atoms with E-state index in [1.807, 2.05) is 74.7 Å². The molecule has 4 aromatic rings. The van der Waals surface area contributed by atoms with Gasteiger partial charge >= 0.3 is 6.03 Å². The molecular weight excluding hydrogens is 468 g/mol. The number of benzene rings is 3. The second kappa shape index (κ2) is 9.66. The summed E-state index contributed by atoms with van der Waals surface area (Å²) in [4.78, 5) is 21.0. The molecule has 2 amide bonds. The van der Waals surface area contributed by atoms with Crippen LogP contribution in [-0.4, -0.2) is 22.4 Å². The predicted octanol–water partition coefficient (Wildman–Crippen LogP) is 7.09. The van der Waals surface area contributed by atoms with Crippen molar-refractivity contribution in [3.63, 3.8) is 0 Å². The first-order valence-electron chi connectivity index (χ1n) is 11.8. The van der Waals surface area contributed by atoms with Crippen molar-refractivity contribution >= 4 is 29.1 Å². The molecule has 1 atom stereocenters. The van der Waals surface area contributed by atoms with Gasteiger partial charge in [0.2, 0.25) is 5.82 Å². The van der Waals surface area contributed by atoms with Gasteiger partial charge in [0.15, 0.2) is 0 Å². The summed E-state index contributed by atoms with van der Waals surface area (Å²) < 4.78 is 5.82. The Balaban J connectivity index is 1.65. The molecule has 1 unspecified atom stereocenters. The molecule has 182 valence electrons. The highest BCUT2D eigenvalue weighted by atomic mass is 32.2. The molecule has 1 aliphatic heterocycles. The second-order valence-electron chi connectivity index (χ2n) is 9.05. The number of carbonyl (C=O) groups is 1. The molecule has 0 saturated heterocycles. The first-order chi connectivity index (χ1) is 17.4. The van der Waals surface area contributed by atoms with E-state index in [2.05, 4.69) is 36.5 Å². The Labute approximate surface area is 215 Å². The summed E-state index contributed by atoms with van der Waals surface area (Å²) in [6.45, 7) is 8.12. The molecule has 7 heteroatoms. The third kappa shape index (κ3) is 4.42. The fourth-order valence-electron chi connectivity index (χ4n) is 4.41. The van der Waals surface area contributed by atoms with Crippen molar-refractivity contribution in [1.29, 1.82) is 0 Å². The summed E-state index contributed by atoms with van der Waals surface area (Å²) in [6, 6.07) is 21.5. The number of thioether (sulfide) groups is 1. The van der Waals surface area contributed by atoms with Crippen LogP contribution in [0.3, 0.4) is 0 Å². The van der Waals surface area contributed by atoms with E-state index in [4.69, 9.17) is 9.51 Å². The summed E-state index contributed by atoms with van der Waals surface area (Å²) in [5.41, 5.74) is 7.65. The minimum Gasteiger partial charge on any atom is -0.334 e. The van der Waals surface area contributed by atoms with Gasteiger partial charge in [-0.15, -0.1) is 11.8 Å². The Morgan fingerprint density at radius 2 is 1.64 bits per heavy atom. The maximum Gasteiger partial charge on any atom is 0.326 e. The number of amides is 2. The minimum atomic E-state index is -0.426. The minimum absolute atomic E-state index is 0.199. The van der Waals surface area contributed by atoms with Crippen LogP contribution in [0.4, 0.5) is 10.5 Å². The number of nitrogens with zero attached hydrogens (tertiary/aromatic N) is 3. The number of nitrogens with one attached hydrogen (secondary N) is 1. The van der Waals surface area contributed by atoms with Crippen molar-refractivity contribution < 1.29 is 9.32 Å². The van der Waals surface area contributed by atoms with Gasteiger partial charge in [-0.1, -0.05) is 53.2 Å². The van der Waals surface area contributed by atoms with Crippen molar-refractivity contribution in [3.05, 3.63) is 101 Å². The van der Waals surface area contributed by atoms with E-state index in [-0.39, 0.29) is 6.03 Å². The monoisotopic (exact) mass is 496 g/mol. The number of carbonyl (C=O) groups excluding carboxylic acids is 1. The Kier molecular flexibility index (Phi) is 6.41. The van der Waals surface area contributed by atoms with Crippen molar-refractivity contribution in [1.82, 2.24) is 15.5 Å². The lowest BCUT2D eigenvalue weighted by molar-refractivity contribution is 0.244. The van der Waals surface area contributed by atoms with Gasteiger partial charge in [-0.2, -0.15) is 4.98 Å². The maximum absolute atomic E-state index is 13.4. The number of hydrogen-bond donors (Lipinski definition) is 1. The first-order valence-corrected chi connectivity index (χ1v) is 13.0. The number of rotatable bonds is 5. The van der Waals surface area contributed by atoms with Crippen LogP contribution in [0.1, 0.15) is 41.1 Å². The van der Waals surface area contributed by atoms with Gasteiger partial charge in [-0.3, -0.25) is 4.90 Å². The lowest BCUT2D eigenvalue weighted by Crippen LogP contribution is -2.46. The highest BCUT2D eigenvalue weighted by Crippen LogP contribution is 2.39. The summed E-state index contributed by atoms with van der Waals surface area (Å²) >= 11 is 1.66. The lowest BCUT2D eigenvalue weighted by Gasteiger charge is -2.35. The molecule has 1 aliphatic rings. The number of allylic oxidation sites excluding steroid dienone is 1. The highest BCUT2D eigenvalue weighted by molar-refractivity contribution is 7.98. The molecule has 0 bridgehead atoms. The Morgan fingerprint density at radius 1 is 0.917 bits per heavy atom. The summed E-state index contributed by atoms with van der Waals surface area (Å²) in [7, 11) is 0. The van der Waals surface area contributed by atoms with Crippen LogP contribution in [0.2, 0.25) is 0 Å². The van der Waals surface area contributed by atoms with Crippen LogP contribution < -0.4 is 10.2 Å². The smallest absolute Gasteiger partial charge is 0.326 e. The van der Waals surface area contributed by atoms with Gasteiger partial charge in [0.05, 0.1) is 17.3 Å². The quantitative estimate of drug-likeness (QED) is 0.299. The van der Waals surface area contributed by atoms with Crippen LogP contribution in [0, 0.1) is 20.8 Å². The third-order valence-corrected chi connectivity index (χ3v) is 7.39. The van der Waals surface area contributed by atoms with Crippen LogP contribution >= 0.6 is 11.8 Å². The van der Waals surface area contributed by atoms with Crippen LogP contribution in [0.15, 0.2) is 81.8 Å². The van der Waals surface area contributed by atoms with Crippen LogP contribution in [0.25, 0.3) is 17.0 Å². The number of urea groups is 1. The fourth-order valence-corrected chi connectivity index (χ4v) is 4.82. The molecule has 0 spiro atoms. The SMILES string of the molecule is CSc1ccc(N2C(=O)NC(c3ccc(C)c(C)c3)C(c3nc(-c4ccc(C)cc4)no3)=C2C)cc1. The van der Waals surface area contributed by atoms with Gasteiger partial charge in [0.25, 0.3) is 5.89 Å². The molecule has 2 heterocycles. The average Bonchev–Trinajstić information content (AvgIpc) is 3.36. The van der Waals surface area contributed by atoms with Gasteiger partial charge in [0, 0.05) is 16.2 Å². The van der Waals surface area contributed by atoms with E-state index in [0.29, 0.717) is 11.7 Å². The molecule has 3 aromatic carbocycles. The van der Waals surface area contributed by atoms with Crippen molar-refractivity contribution in [3.8, 4) is 11.4 Å². The number of aryl methyl sites for hydroxylation is 3. The number of hydrogen-bond acceptors (Lipinski definition) is 5. The summed E-state index contributed by atoms with van der Waals surface area (Å²) in [5, 5.41) is 7.46. The van der Waals surface area contributed by atoms with Gasteiger partial charge < -0.3 is 9.84 Å². The molecule has 6 nitrogen and oxygen atoms in total. The topological polar surface area (TPSA) is 71.3 Å². The average molecular weight is 497 g/mol. The molecule has 1 N–H and O–H groups in total. The third-order valence-electron chi connectivity index (χ3n) is 6.65. The van der Waals surface area contributed by atoms with E-state index in [0.717, 1.165) is 44.1 Å². The van der Waals surface area contributed by atoms with Crippen molar-refractivity contribution in [2.24, 2.45) is 0 Å². The van der Waals surface area contributed by atoms with Crippen LogP contribution in [-0.2, 0) is 0 Å². The zero-order chi connectivity index (χ0) is 25.4. The van der Waals surface area contributed by atoms with E-state index in [1.165, 1.54) is 5.56 Å². The molecule has 0 saturated carbocycles. The number of anilines is 1. The zero-order valence-electron chi connectivity index (χ0n) is 21.0. The Bertz CT molecular complexity index is 1460. The molecule has 5 rings (SSSR count). The van der Waals surface area contributed by atoms with Crippen molar-refractivity contribution in [2.45, 2.75) is 38.6 Å². The van der Waals surface area contributed by atoms with E-state index in [1.54, 1.807) is 16.7 Å². The van der Waals surface area contributed by atoms with Crippen LogP contribution in [0.5, 0.6) is 0 Å². The fraction of sp³-hybridized carbons (Fsp3) is 0.207. The maximum atomic E-state index is 13.4. The van der Waals surface area contributed by atoms with Gasteiger partial charge in [-0.25, -0.2) is 4.79 Å². The highest BCUT2D eigenvalue weighted by Gasteiger charge is 2.36. The molecule has 0 aliphatic carbocycles. The zero-order valence-corrected chi connectivity index (χ0v) is 21.8. The normalized spacial score (nSPS) is 15.9. The molecule has 1 aromatic heterocycles. The predicted molar refractivity (Wildman–Crippen MR) is 145 cm³/mol. The number of aromatic nitrogens is 2. The second-order valence-corrected chi connectivity index (χ2v) is 9.93. The molecule has 0 fully saturated rings. The lowest BCUT2D eigenvalue weighted by atomic mass is 9.92. The Hall–Kier alpha value is -3.84.